The van der Waals surface area contributed by atoms with Gasteiger partial charge in [-0.3, -0.25) is 14.3 Å². The standard InChI is InChI=1S/C26H16ClF7N4O3/c1-38-17(8-41-25(30)31)12-7-13(18-14(23(35)39)5-10(29)6-15(18)26(32,33)34)19-20(22(12)37-38)24(40)36-21(19)11-4-9(28)2-3-16(11)27/h2-7,21,25H,8H2,1H3,(H2,35,39)(H,36,40). The third kappa shape index (κ3) is 4.86. The Bertz CT molecular complexity index is 1750. The number of aromatic nitrogens is 2. The van der Waals surface area contributed by atoms with E-state index in [1.165, 1.54) is 13.1 Å². The highest BCUT2D eigenvalue weighted by atomic mass is 35.5. The number of carbonyl (C=O) groups is 2. The van der Waals surface area contributed by atoms with Crippen molar-refractivity contribution in [1.29, 1.82) is 0 Å². The van der Waals surface area contributed by atoms with Crippen LogP contribution < -0.4 is 11.1 Å². The molecule has 0 spiro atoms. The number of hydrogen-bond acceptors (Lipinski definition) is 4. The van der Waals surface area contributed by atoms with E-state index in [2.05, 4.69) is 15.2 Å². The Morgan fingerprint density at radius 1 is 1.15 bits per heavy atom. The van der Waals surface area contributed by atoms with Gasteiger partial charge in [0.05, 0.1) is 35.0 Å². The van der Waals surface area contributed by atoms with Gasteiger partial charge in [0.15, 0.2) is 0 Å². The van der Waals surface area contributed by atoms with Crippen molar-refractivity contribution < 1.29 is 45.1 Å². The van der Waals surface area contributed by atoms with E-state index in [9.17, 15) is 40.3 Å². The maximum atomic E-state index is 14.4. The summed E-state index contributed by atoms with van der Waals surface area (Å²) < 4.78 is 103. The van der Waals surface area contributed by atoms with Crippen molar-refractivity contribution in [3.63, 3.8) is 0 Å². The third-order valence-electron chi connectivity index (χ3n) is 6.64. The molecule has 0 saturated carbocycles. The highest BCUT2D eigenvalue weighted by molar-refractivity contribution is 6.31. The van der Waals surface area contributed by atoms with Gasteiger partial charge in [0.2, 0.25) is 5.91 Å². The van der Waals surface area contributed by atoms with Crippen LogP contribution in [0.15, 0.2) is 36.4 Å². The fourth-order valence-corrected chi connectivity index (χ4v) is 5.23. The van der Waals surface area contributed by atoms with Crippen LogP contribution in [0.3, 0.4) is 0 Å². The molecule has 1 aliphatic rings. The van der Waals surface area contributed by atoms with Crippen molar-refractivity contribution in [3.8, 4) is 11.1 Å². The number of benzene rings is 3. The Morgan fingerprint density at radius 3 is 2.49 bits per heavy atom. The van der Waals surface area contributed by atoms with Gasteiger partial charge in [0, 0.05) is 34.1 Å². The number of ether oxygens (including phenoxy) is 1. The molecule has 0 fully saturated rings. The van der Waals surface area contributed by atoms with Gasteiger partial charge in [-0.1, -0.05) is 11.6 Å². The summed E-state index contributed by atoms with van der Waals surface area (Å²) in [7, 11) is 1.33. The van der Waals surface area contributed by atoms with Crippen molar-refractivity contribution >= 4 is 34.3 Å². The maximum absolute atomic E-state index is 14.4. The highest BCUT2D eigenvalue weighted by Crippen LogP contribution is 2.48. The molecule has 1 atom stereocenters. The lowest BCUT2D eigenvalue weighted by Gasteiger charge is -2.22. The number of hydrogen-bond donors (Lipinski definition) is 2. The molecule has 7 nitrogen and oxygen atoms in total. The average molecular weight is 601 g/mol. The van der Waals surface area contributed by atoms with Crippen molar-refractivity contribution in [2.75, 3.05) is 0 Å². The van der Waals surface area contributed by atoms with Gasteiger partial charge >= 0.3 is 12.8 Å². The Morgan fingerprint density at radius 2 is 1.85 bits per heavy atom. The fraction of sp³-hybridized carbons (Fsp3) is 0.192. The third-order valence-corrected chi connectivity index (χ3v) is 6.99. The topological polar surface area (TPSA) is 99.2 Å². The van der Waals surface area contributed by atoms with Gasteiger partial charge in [-0.2, -0.15) is 27.1 Å². The van der Waals surface area contributed by atoms with Crippen molar-refractivity contribution in [3.05, 3.63) is 86.6 Å². The van der Waals surface area contributed by atoms with Crippen LogP contribution in [0.2, 0.25) is 5.02 Å². The predicted molar refractivity (Wildman–Crippen MR) is 131 cm³/mol. The molecule has 214 valence electrons. The molecule has 1 aromatic heterocycles. The molecule has 0 saturated heterocycles. The number of nitrogens with zero attached hydrogens (tertiary/aromatic N) is 2. The first-order valence-electron chi connectivity index (χ1n) is 11.6. The van der Waals surface area contributed by atoms with E-state index in [0.717, 1.165) is 22.9 Å². The minimum absolute atomic E-state index is 0.0483. The molecule has 41 heavy (non-hydrogen) atoms. The lowest BCUT2D eigenvalue weighted by molar-refractivity contribution is -0.138. The number of halogens is 8. The van der Waals surface area contributed by atoms with Crippen molar-refractivity contribution in [2.24, 2.45) is 12.8 Å². The number of amides is 2. The average Bonchev–Trinajstić information content (AvgIpc) is 3.38. The Balaban J connectivity index is 1.97. The zero-order chi connectivity index (χ0) is 30.0. The van der Waals surface area contributed by atoms with Crippen LogP contribution in [0.5, 0.6) is 0 Å². The summed E-state index contributed by atoms with van der Waals surface area (Å²) in [5.74, 6) is -4.50. The predicted octanol–water partition coefficient (Wildman–Crippen LogP) is 5.86. The maximum Gasteiger partial charge on any atom is 0.417 e. The molecule has 3 aromatic carbocycles. The summed E-state index contributed by atoms with van der Waals surface area (Å²) in [6.45, 7) is -3.98. The minimum Gasteiger partial charge on any atom is -0.366 e. The molecule has 0 aliphatic carbocycles. The van der Waals surface area contributed by atoms with E-state index in [4.69, 9.17) is 17.3 Å². The molecule has 1 unspecified atom stereocenters. The first-order chi connectivity index (χ1) is 19.2. The molecule has 1 aliphatic heterocycles. The largest absolute Gasteiger partial charge is 0.417 e. The van der Waals surface area contributed by atoms with E-state index in [-0.39, 0.29) is 44.4 Å². The summed E-state index contributed by atoms with van der Waals surface area (Å²) in [6, 6.07) is 3.52. The first-order valence-corrected chi connectivity index (χ1v) is 12.0. The molecule has 5 rings (SSSR count). The molecule has 2 heterocycles. The second-order valence-corrected chi connectivity index (χ2v) is 9.47. The number of fused-ring (bicyclic) bond motifs is 3. The van der Waals surface area contributed by atoms with Crippen LogP contribution in [-0.2, 0) is 24.6 Å². The van der Waals surface area contributed by atoms with Gasteiger partial charge in [-0.05, 0) is 42.0 Å². The van der Waals surface area contributed by atoms with Gasteiger partial charge in [-0.15, -0.1) is 0 Å². The van der Waals surface area contributed by atoms with Gasteiger partial charge in [0.1, 0.15) is 17.2 Å². The second-order valence-electron chi connectivity index (χ2n) is 9.06. The molecule has 3 N–H and O–H groups in total. The molecule has 0 radical (unpaired) electrons. The normalized spacial score (nSPS) is 15.1. The summed E-state index contributed by atoms with van der Waals surface area (Å²) >= 11 is 6.28. The summed E-state index contributed by atoms with van der Waals surface area (Å²) in [5.41, 5.74) is 0.857. The van der Waals surface area contributed by atoms with E-state index in [1.807, 2.05) is 0 Å². The lowest BCUT2D eigenvalue weighted by Crippen LogP contribution is -2.21. The van der Waals surface area contributed by atoms with E-state index >= 15 is 0 Å². The minimum atomic E-state index is -5.23. The Kier molecular flexibility index (Phi) is 6.94. The van der Waals surface area contributed by atoms with Gasteiger partial charge < -0.3 is 15.8 Å². The zero-order valence-electron chi connectivity index (χ0n) is 20.5. The van der Waals surface area contributed by atoms with E-state index in [1.54, 1.807) is 0 Å². The van der Waals surface area contributed by atoms with Gasteiger partial charge in [0.25, 0.3) is 5.91 Å². The van der Waals surface area contributed by atoms with Crippen molar-refractivity contribution in [1.82, 2.24) is 15.1 Å². The van der Waals surface area contributed by atoms with Crippen LogP contribution in [0, 0.1) is 11.6 Å². The van der Waals surface area contributed by atoms with Crippen LogP contribution in [0.1, 0.15) is 49.1 Å². The highest BCUT2D eigenvalue weighted by Gasteiger charge is 2.42. The smallest absolute Gasteiger partial charge is 0.366 e. The van der Waals surface area contributed by atoms with Crippen molar-refractivity contribution in [2.45, 2.75) is 25.4 Å². The fourth-order valence-electron chi connectivity index (χ4n) is 5.00. The molecular formula is C26H16ClF7N4O3. The molecular weight excluding hydrogens is 585 g/mol. The van der Waals surface area contributed by atoms with Crippen LogP contribution in [-0.4, -0.2) is 28.2 Å². The monoisotopic (exact) mass is 600 g/mol. The number of carbonyl (C=O) groups excluding carboxylic acids is 2. The number of alkyl halides is 5. The molecule has 15 heteroatoms. The van der Waals surface area contributed by atoms with E-state index < -0.39 is 71.1 Å². The van der Waals surface area contributed by atoms with Crippen LogP contribution >= 0.6 is 11.6 Å². The Hall–Kier alpha value is -4.17. The van der Waals surface area contributed by atoms with Crippen LogP contribution in [0.4, 0.5) is 30.7 Å². The Labute approximate surface area is 230 Å². The molecule has 0 bridgehead atoms. The summed E-state index contributed by atoms with van der Waals surface area (Å²) in [5, 5.41) is 6.61. The quantitative estimate of drug-likeness (QED) is 0.271. The second kappa shape index (κ2) is 10.0. The SMILES string of the molecule is Cn1nc2c3c(c(-c4c(C(N)=O)cc(F)cc4C(F)(F)F)cc2c1COC(F)F)C(c1cc(F)ccc1Cl)NC3=O. The molecule has 2 amide bonds. The van der Waals surface area contributed by atoms with Crippen LogP contribution in [0.25, 0.3) is 22.0 Å². The molecule has 4 aromatic rings. The number of primary amides is 1. The summed E-state index contributed by atoms with van der Waals surface area (Å²) in [6.07, 6.45) is -5.23. The zero-order valence-corrected chi connectivity index (χ0v) is 21.3. The number of nitrogens with two attached hydrogens (primary N) is 1. The summed E-state index contributed by atoms with van der Waals surface area (Å²) in [4.78, 5) is 25.7. The number of nitrogens with one attached hydrogen (secondary N) is 1. The van der Waals surface area contributed by atoms with E-state index in [0.29, 0.717) is 6.07 Å². The first kappa shape index (κ1) is 28.4. The number of aryl methyl sites for hydroxylation is 1. The van der Waals surface area contributed by atoms with Gasteiger partial charge in [-0.25, -0.2) is 8.78 Å². The number of rotatable bonds is 6. The lowest BCUT2D eigenvalue weighted by atomic mass is 9.84.